The van der Waals surface area contributed by atoms with E-state index in [0.717, 1.165) is 32.6 Å². The van der Waals surface area contributed by atoms with Crippen LogP contribution in [-0.4, -0.2) is 43.5 Å². The molecule has 2 rings (SSSR count). The number of amides is 1. The van der Waals surface area contributed by atoms with E-state index in [1.165, 1.54) is 5.56 Å². The van der Waals surface area contributed by atoms with E-state index in [4.69, 9.17) is 0 Å². The summed E-state index contributed by atoms with van der Waals surface area (Å²) >= 11 is 0. The minimum Gasteiger partial charge on any atom is -0.353 e. The molecule has 1 aromatic rings. The van der Waals surface area contributed by atoms with E-state index in [9.17, 15) is 4.79 Å². The Morgan fingerprint density at radius 1 is 1.17 bits per heavy atom. The standard InChI is InChI=1S/C19H31N3O/c1-15-12-22(14-17-8-5-4-6-9-17)13-16(2)19(15)21-18(23)10-7-11-20-3/h4-6,8-9,15-16,19-20H,7,10-14H2,1-3H3,(H,21,23). The molecule has 2 atom stereocenters. The number of likely N-dealkylation sites (tertiary alicyclic amines) is 1. The molecule has 128 valence electrons. The molecule has 1 aliphatic rings. The smallest absolute Gasteiger partial charge is 0.220 e. The minimum absolute atomic E-state index is 0.195. The third-order valence-electron chi connectivity index (χ3n) is 4.73. The van der Waals surface area contributed by atoms with Crippen molar-refractivity contribution in [2.45, 2.75) is 39.3 Å². The van der Waals surface area contributed by atoms with Gasteiger partial charge in [0.2, 0.25) is 5.91 Å². The van der Waals surface area contributed by atoms with E-state index in [0.29, 0.717) is 24.3 Å². The highest BCUT2D eigenvalue weighted by atomic mass is 16.1. The van der Waals surface area contributed by atoms with Crippen LogP contribution in [0.2, 0.25) is 0 Å². The fourth-order valence-corrected chi connectivity index (χ4v) is 3.62. The molecule has 0 spiro atoms. The average Bonchev–Trinajstić information content (AvgIpc) is 2.52. The number of carbonyl (C=O) groups excluding carboxylic acids is 1. The van der Waals surface area contributed by atoms with Gasteiger partial charge in [0.15, 0.2) is 0 Å². The molecule has 1 aliphatic heterocycles. The molecule has 1 saturated heterocycles. The molecule has 0 aromatic heterocycles. The zero-order chi connectivity index (χ0) is 16.7. The summed E-state index contributed by atoms with van der Waals surface area (Å²) in [5.74, 6) is 1.16. The van der Waals surface area contributed by atoms with Crippen molar-refractivity contribution >= 4 is 5.91 Å². The molecular formula is C19H31N3O. The first-order valence-electron chi connectivity index (χ1n) is 8.80. The summed E-state index contributed by atoms with van der Waals surface area (Å²) < 4.78 is 0. The summed E-state index contributed by atoms with van der Waals surface area (Å²) in [5, 5.41) is 6.35. The number of rotatable bonds is 7. The van der Waals surface area contributed by atoms with Gasteiger partial charge in [0.25, 0.3) is 0 Å². The fraction of sp³-hybridized carbons (Fsp3) is 0.632. The highest BCUT2D eigenvalue weighted by Crippen LogP contribution is 2.23. The molecule has 0 radical (unpaired) electrons. The Morgan fingerprint density at radius 3 is 2.43 bits per heavy atom. The molecule has 1 amide bonds. The number of carbonyl (C=O) groups is 1. The third-order valence-corrected chi connectivity index (χ3v) is 4.73. The van der Waals surface area contributed by atoms with Crippen LogP contribution in [0.5, 0.6) is 0 Å². The van der Waals surface area contributed by atoms with Gasteiger partial charge in [-0.25, -0.2) is 0 Å². The summed E-state index contributed by atoms with van der Waals surface area (Å²) in [6, 6.07) is 10.9. The second-order valence-corrected chi connectivity index (χ2v) is 6.93. The predicted octanol–water partition coefficient (Wildman–Crippen LogP) is 2.26. The molecule has 0 bridgehead atoms. The van der Waals surface area contributed by atoms with Crippen LogP contribution in [0.1, 0.15) is 32.3 Å². The highest BCUT2D eigenvalue weighted by molar-refractivity contribution is 5.76. The van der Waals surface area contributed by atoms with Crippen LogP contribution in [0.15, 0.2) is 30.3 Å². The van der Waals surface area contributed by atoms with Crippen LogP contribution < -0.4 is 10.6 Å². The van der Waals surface area contributed by atoms with Crippen LogP contribution >= 0.6 is 0 Å². The normalized spacial score (nSPS) is 25.3. The summed E-state index contributed by atoms with van der Waals surface area (Å²) in [7, 11) is 1.92. The molecule has 4 heteroatoms. The number of nitrogens with one attached hydrogen (secondary N) is 2. The van der Waals surface area contributed by atoms with E-state index < -0.39 is 0 Å². The van der Waals surface area contributed by atoms with Crippen molar-refractivity contribution in [1.29, 1.82) is 0 Å². The molecule has 1 heterocycles. The largest absolute Gasteiger partial charge is 0.353 e. The fourth-order valence-electron chi connectivity index (χ4n) is 3.62. The lowest BCUT2D eigenvalue weighted by Crippen LogP contribution is -2.54. The number of hydrogen-bond acceptors (Lipinski definition) is 3. The first kappa shape index (κ1) is 18.0. The first-order chi connectivity index (χ1) is 11.1. The van der Waals surface area contributed by atoms with Gasteiger partial charge in [-0.1, -0.05) is 44.2 Å². The quantitative estimate of drug-likeness (QED) is 0.758. The molecule has 0 saturated carbocycles. The molecule has 2 unspecified atom stereocenters. The molecule has 2 N–H and O–H groups in total. The molecule has 4 nitrogen and oxygen atoms in total. The van der Waals surface area contributed by atoms with Gasteiger partial charge < -0.3 is 10.6 Å². The Hall–Kier alpha value is -1.39. The zero-order valence-electron chi connectivity index (χ0n) is 14.7. The minimum atomic E-state index is 0.195. The Morgan fingerprint density at radius 2 is 1.83 bits per heavy atom. The SMILES string of the molecule is CNCCCC(=O)NC1C(C)CN(Cc2ccccc2)CC1C. The lowest BCUT2D eigenvalue weighted by atomic mass is 9.85. The maximum Gasteiger partial charge on any atom is 0.220 e. The van der Waals surface area contributed by atoms with Crippen molar-refractivity contribution < 1.29 is 4.79 Å². The third kappa shape index (κ3) is 5.63. The molecule has 0 aliphatic carbocycles. The number of hydrogen-bond donors (Lipinski definition) is 2. The maximum absolute atomic E-state index is 12.1. The van der Waals surface area contributed by atoms with Crippen molar-refractivity contribution in [3.05, 3.63) is 35.9 Å². The van der Waals surface area contributed by atoms with Crippen LogP contribution in [0.4, 0.5) is 0 Å². The van der Waals surface area contributed by atoms with Gasteiger partial charge in [-0.2, -0.15) is 0 Å². The van der Waals surface area contributed by atoms with Gasteiger partial charge in [0.1, 0.15) is 0 Å². The zero-order valence-corrected chi connectivity index (χ0v) is 14.7. The number of benzene rings is 1. The van der Waals surface area contributed by atoms with Crippen molar-refractivity contribution in [3.8, 4) is 0 Å². The Balaban J connectivity index is 1.83. The number of nitrogens with zero attached hydrogens (tertiary/aromatic N) is 1. The summed E-state index contributed by atoms with van der Waals surface area (Å²) in [5.41, 5.74) is 1.36. The van der Waals surface area contributed by atoms with E-state index >= 15 is 0 Å². The second kappa shape index (κ2) is 9.04. The van der Waals surface area contributed by atoms with Crippen molar-refractivity contribution in [2.75, 3.05) is 26.7 Å². The average molecular weight is 317 g/mol. The van der Waals surface area contributed by atoms with Gasteiger partial charge in [0.05, 0.1) is 0 Å². The highest BCUT2D eigenvalue weighted by Gasteiger charge is 2.32. The van der Waals surface area contributed by atoms with Crippen molar-refractivity contribution in [2.24, 2.45) is 11.8 Å². The maximum atomic E-state index is 12.1. The Bertz CT molecular complexity index is 465. The lowest BCUT2D eigenvalue weighted by molar-refractivity contribution is -0.123. The Kier molecular flexibility index (Phi) is 7.06. The van der Waals surface area contributed by atoms with E-state index in [2.05, 4.69) is 59.7 Å². The first-order valence-corrected chi connectivity index (χ1v) is 8.80. The summed E-state index contributed by atoms with van der Waals surface area (Å²) in [6.07, 6.45) is 1.52. The lowest BCUT2D eigenvalue weighted by Gasteiger charge is -2.41. The predicted molar refractivity (Wildman–Crippen MR) is 95.1 cm³/mol. The Labute approximate surface area is 140 Å². The van der Waals surface area contributed by atoms with Crippen LogP contribution in [0.3, 0.4) is 0 Å². The van der Waals surface area contributed by atoms with E-state index in [-0.39, 0.29) is 5.91 Å². The topological polar surface area (TPSA) is 44.4 Å². The molecule has 1 aromatic carbocycles. The second-order valence-electron chi connectivity index (χ2n) is 6.93. The van der Waals surface area contributed by atoms with E-state index in [1.807, 2.05) is 7.05 Å². The van der Waals surface area contributed by atoms with Crippen molar-refractivity contribution in [1.82, 2.24) is 15.5 Å². The number of piperidine rings is 1. The molecular weight excluding hydrogens is 286 g/mol. The summed E-state index contributed by atoms with van der Waals surface area (Å²) in [6.45, 7) is 8.49. The van der Waals surface area contributed by atoms with E-state index in [1.54, 1.807) is 0 Å². The van der Waals surface area contributed by atoms with Gasteiger partial charge in [-0.3, -0.25) is 9.69 Å². The van der Waals surface area contributed by atoms with Crippen LogP contribution in [-0.2, 0) is 11.3 Å². The molecule has 23 heavy (non-hydrogen) atoms. The van der Waals surface area contributed by atoms with Gasteiger partial charge >= 0.3 is 0 Å². The van der Waals surface area contributed by atoms with Gasteiger partial charge in [-0.05, 0) is 37.4 Å². The molecule has 1 fully saturated rings. The van der Waals surface area contributed by atoms with Gasteiger partial charge in [-0.15, -0.1) is 0 Å². The van der Waals surface area contributed by atoms with Crippen LogP contribution in [0, 0.1) is 11.8 Å². The van der Waals surface area contributed by atoms with Crippen LogP contribution in [0.25, 0.3) is 0 Å². The summed E-state index contributed by atoms with van der Waals surface area (Å²) in [4.78, 5) is 14.6. The monoisotopic (exact) mass is 317 g/mol. The van der Waals surface area contributed by atoms with Gasteiger partial charge in [0, 0.05) is 32.1 Å². The van der Waals surface area contributed by atoms with Crippen molar-refractivity contribution in [3.63, 3.8) is 0 Å².